The minimum absolute atomic E-state index is 0.210. The van der Waals surface area contributed by atoms with Crippen LogP contribution in [0, 0.1) is 5.82 Å². The number of halogens is 5. The zero-order valence-corrected chi connectivity index (χ0v) is 11.5. The number of aliphatic hydroxyl groups is 1. The number of benzene rings is 2. The van der Waals surface area contributed by atoms with Crippen molar-refractivity contribution in [3.63, 3.8) is 0 Å². The predicted molar refractivity (Wildman–Crippen MR) is 69.6 cm³/mol. The largest absolute Gasteiger partial charge is 0.416 e. The highest BCUT2D eigenvalue weighted by molar-refractivity contribution is 9.10. The highest BCUT2D eigenvalue weighted by atomic mass is 79.9. The fraction of sp³-hybridized carbons (Fsp3) is 0.143. The summed E-state index contributed by atoms with van der Waals surface area (Å²) in [5.74, 6) is -0.774. The smallest absolute Gasteiger partial charge is 0.383 e. The highest BCUT2D eigenvalue weighted by Gasteiger charge is 2.35. The van der Waals surface area contributed by atoms with E-state index in [0.29, 0.717) is 0 Å². The molecule has 0 aromatic heterocycles. The molecule has 0 aliphatic rings. The summed E-state index contributed by atoms with van der Waals surface area (Å²) >= 11 is 3.04. The molecule has 0 heterocycles. The Morgan fingerprint density at radius 3 is 2.25 bits per heavy atom. The molecule has 2 aromatic carbocycles. The van der Waals surface area contributed by atoms with Crippen LogP contribution in [0.15, 0.2) is 46.9 Å². The number of alkyl halides is 3. The summed E-state index contributed by atoms with van der Waals surface area (Å²) in [6.45, 7) is 0. The van der Waals surface area contributed by atoms with Gasteiger partial charge in [0, 0.05) is 10.0 Å². The Hall–Kier alpha value is -1.40. The van der Waals surface area contributed by atoms with E-state index in [0.717, 1.165) is 18.2 Å². The Bertz CT molecular complexity index is 605. The van der Waals surface area contributed by atoms with E-state index in [1.807, 2.05) is 0 Å². The maximum absolute atomic E-state index is 13.7. The first kappa shape index (κ1) is 15.0. The lowest BCUT2D eigenvalue weighted by Crippen LogP contribution is -2.13. The highest BCUT2D eigenvalue weighted by Crippen LogP contribution is 2.38. The minimum Gasteiger partial charge on any atom is -0.383 e. The van der Waals surface area contributed by atoms with Crippen molar-refractivity contribution < 1.29 is 22.7 Å². The lowest BCUT2D eigenvalue weighted by molar-refractivity contribution is -0.139. The van der Waals surface area contributed by atoms with Crippen LogP contribution in [0.2, 0.25) is 0 Å². The van der Waals surface area contributed by atoms with E-state index in [9.17, 15) is 22.7 Å². The van der Waals surface area contributed by atoms with E-state index >= 15 is 0 Å². The van der Waals surface area contributed by atoms with Crippen LogP contribution in [-0.4, -0.2) is 5.11 Å². The van der Waals surface area contributed by atoms with E-state index in [1.54, 1.807) is 0 Å². The van der Waals surface area contributed by atoms with Crippen molar-refractivity contribution in [3.05, 3.63) is 69.4 Å². The molecule has 106 valence electrons. The van der Waals surface area contributed by atoms with Crippen LogP contribution in [0.3, 0.4) is 0 Å². The van der Waals surface area contributed by atoms with Gasteiger partial charge in [0.15, 0.2) is 0 Å². The van der Waals surface area contributed by atoms with E-state index in [1.165, 1.54) is 24.3 Å². The second kappa shape index (κ2) is 5.54. The molecule has 6 heteroatoms. The maximum atomic E-state index is 13.7. The van der Waals surface area contributed by atoms with Gasteiger partial charge in [-0.25, -0.2) is 4.39 Å². The molecule has 2 aromatic rings. The minimum atomic E-state index is -4.62. The van der Waals surface area contributed by atoms with Crippen LogP contribution >= 0.6 is 15.9 Å². The second-order valence-corrected chi connectivity index (χ2v) is 4.98. The first-order valence-corrected chi connectivity index (χ1v) is 6.39. The van der Waals surface area contributed by atoms with Crippen molar-refractivity contribution >= 4 is 15.9 Å². The molecule has 1 atom stereocenters. The van der Waals surface area contributed by atoms with E-state index in [2.05, 4.69) is 15.9 Å². The summed E-state index contributed by atoms with van der Waals surface area (Å²) in [6, 6.07) is 8.50. The summed E-state index contributed by atoms with van der Waals surface area (Å²) in [7, 11) is 0. The molecule has 1 N–H and O–H groups in total. The number of hydrogen-bond acceptors (Lipinski definition) is 1. The third-order valence-electron chi connectivity index (χ3n) is 2.83. The topological polar surface area (TPSA) is 20.2 Å². The van der Waals surface area contributed by atoms with Gasteiger partial charge in [-0.2, -0.15) is 13.2 Å². The predicted octanol–water partition coefficient (Wildman–Crippen LogP) is 4.69. The molecular formula is C14H9BrF4O. The van der Waals surface area contributed by atoms with Gasteiger partial charge in [-0.15, -0.1) is 0 Å². The van der Waals surface area contributed by atoms with Gasteiger partial charge in [0.05, 0.1) is 5.56 Å². The molecule has 2 rings (SSSR count). The number of hydrogen-bond donors (Lipinski definition) is 1. The zero-order valence-electron chi connectivity index (χ0n) is 9.96. The van der Waals surface area contributed by atoms with Crippen LogP contribution < -0.4 is 0 Å². The Kier molecular flexibility index (Phi) is 4.15. The van der Waals surface area contributed by atoms with Crippen molar-refractivity contribution in [2.45, 2.75) is 12.3 Å². The monoisotopic (exact) mass is 348 g/mol. The van der Waals surface area contributed by atoms with Gasteiger partial charge < -0.3 is 5.11 Å². The summed E-state index contributed by atoms with van der Waals surface area (Å²) < 4.78 is 52.7. The van der Waals surface area contributed by atoms with Gasteiger partial charge in [0.2, 0.25) is 0 Å². The third kappa shape index (κ3) is 2.86. The molecular weight excluding hydrogens is 340 g/mol. The van der Waals surface area contributed by atoms with Crippen LogP contribution in [0.1, 0.15) is 22.8 Å². The quantitative estimate of drug-likeness (QED) is 0.780. The van der Waals surface area contributed by atoms with Crippen LogP contribution in [-0.2, 0) is 6.18 Å². The molecule has 0 bridgehead atoms. The van der Waals surface area contributed by atoms with E-state index in [-0.39, 0.29) is 15.6 Å². The fourth-order valence-electron chi connectivity index (χ4n) is 1.92. The maximum Gasteiger partial charge on any atom is 0.416 e. The summed E-state index contributed by atoms with van der Waals surface area (Å²) in [4.78, 5) is 0. The molecule has 0 radical (unpaired) electrons. The zero-order chi connectivity index (χ0) is 14.9. The first-order chi connectivity index (χ1) is 9.32. The Morgan fingerprint density at radius 1 is 1.00 bits per heavy atom. The molecule has 0 saturated carbocycles. The second-order valence-electron chi connectivity index (χ2n) is 4.12. The molecule has 1 unspecified atom stereocenters. The van der Waals surface area contributed by atoms with Gasteiger partial charge >= 0.3 is 6.18 Å². The average molecular weight is 349 g/mol. The van der Waals surface area contributed by atoms with Gasteiger partial charge in [-0.3, -0.25) is 0 Å². The Balaban J connectivity index is 2.58. The van der Waals surface area contributed by atoms with Crippen molar-refractivity contribution in [3.8, 4) is 0 Å². The normalized spacial score (nSPS) is 13.3. The van der Waals surface area contributed by atoms with Crippen LogP contribution in [0.5, 0.6) is 0 Å². The summed E-state index contributed by atoms with van der Waals surface area (Å²) in [6.07, 6.45) is -6.32. The van der Waals surface area contributed by atoms with Gasteiger partial charge in [-0.05, 0) is 23.8 Å². The molecule has 20 heavy (non-hydrogen) atoms. The van der Waals surface area contributed by atoms with Gasteiger partial charge in [0.1, 0.15) is 11.9 Å². The summed E-state index contributed by atoms with van der Waals surface area (Å²) in [5, 5.41) is 10.1. The lowest BCUT2D eigenvalue weighted by atomic mass is 9.96. The molecule has 0 spiro atoms. The Labute approximate surface area is 121 Å². The standard InChI is InChI=1S/C14H9BrF4O/c15-10-6-3-7-11(16)12(10)13(20)8-4-1-2-5-9(8)14(17,18)19/h1-7,13,20H. The number of aliphatic hydroxyl groups excluding tert-OH is 1. The summed E-state index contributed by atoms with van der Waals surface area (Å²) in [5.41, 5.74) is -1.59. The molecule has 0 fully saturated rings. The fourth-order valence-corrected chi connectivity index (χ4v) is 2.48. The van der Waals surface area contributed by atoms with Crippen molar-refractivity contribution in [2.24, 2.45) is 0 Å². The van der Waals surface area contributed by atoms with Crippen molar-refractivity contribution in [1.82, 2.24) is 0 Å². The van der Waals surface area contributed by atoms with Crippen molar-refractivity contribution in [1.29, 1.82) is 0 Å². The van der Waals surface area contributed by atoms with Crippen LogP contribution in [0.4, 0.5) is 17.6 Å². The van der Waals surface area contributed by atoms with Crippen LogP contribution in [0.25, 0.3) is 0 Å². The molecule has 0 saturated heterocycles. The first-order valence-electron chi connectivity index (χ1n) is 5.60. The molecule has 0 aliphatic heterocycles. The SMILES string of the molecule is OC(c1ccccc1C(F)(F)F)c1c(F)cccc1Br. The van der Waals surface area contributed by atoms with Gasteiger partial charge in [-0.1, -0.05) is 40.2 Å². The van der Waals surface area contributed by atoms with Gasteiger partial charge in [0.25, 0.3) is 0 Å². The third-order valence-corrected chi connectivity index (χ3v) is 3.53. The molecule has 0 amide bonds. The molecule has 1 nitrogen and oxygen atoms in total. The van der Waals surface area contributed by atoms with E-state index < -0.39 is 23.7 Å². The Morgan fingerprint density at radius 2 is 1.65 bits per heavy atom. The van der Waals surface area contributed by atoms with E-state index in [4.69, 9.17) is 0 Å². The van der Waals surface area contributed by atoms with Crippen molar-refractivity contribution in [2.75, 3.05) is 0 Å². The average Bonchev–Trinajstić information content (AvgIpc) is 2.37. The molecule has 0 aliphatic carbocycles. The lowest BCUT2D eigenvalue weighted by Gasteiger charge is -2.19. The number of rotatable bonds is 2.